The van der Waals surface area contributed by atoms with Gasteiger partial charge in [0, 0.05) is 24.2 Å². The minimum Gasteiger partial charge on any atom is -0.462 e. The zero-order chi connectivity index (χ0) is 24.7. The van der Waals surface area contributed by atoms with Gasteiger partial charge in [-0.3, -0.25) is 9.59 Å². The quantitative estimate of drug-likeness (QED) is 0.483. The molecule has 2 N–H and O–H groups in total. The van der Waals surface area contributed by atoms with Crippen molar-refractivity contribution in [2.24, 2.45) is 0 Å². The van der Waals surface area contributed by atoms with E-state index in [0.29, 0.717) is 15.9 Å². The number of benzene rings is 2. The molecular formula is C23H21F3N4O4. The highest BCUT2D eigenvalue weighted by Crippen LogP contribution is 2.34. The molecule has 0 radical (unpaired) electrons. The molecule has 0 atom stereocenters. The van der Waals surface area contributed by atoms with Gasteiger partial charge in [-0.1, -0.05) is 18.2 Å². The van der Waals surface area contributed by atoms with E-state index in [9.17, 15) is 27.6 Å². The van der Waals surface area contributed by atoms with E-state index in [1.54, 1.807) is 30.3 Å². The molecule has 0 spiro atoms. The molecule has 1 aromatic heterocycles. The summed E-state index contributed by atoms with van der Waals surface area (Å²) in [6, 6.07) is 14.0. The average Bonchev–Trinajstić information content (AvgIpc) is 3.26. The summed E-state index contributed by atoms with van der Waals surface area (Å²) in [6.07, 6.45) is -4.05. The molecule has 0 aliphatic carbocycles. The Morgan fingerprint density at radius 3 is 2.32 bits per heavy atom. The van der Waals surface area contributed by atoms with Gasteiger partial charge in [0.1, 0.15) is 5.56 Å². The van der Waals surface area contributed by atoms with Crippen molar-refractivity contribution in [3.8, 4) is 5.69 Å². The third kappa shape index (κ3) is 6.00. The van der Waals surface area contributed by atoms with E-state index in [0.717, 1.165) is 6.20 Å². The zero-order valence-electron chi connectivity index (χ0n) is 18.1. The minimum absolute atomic E-state index is 0.000598. The number of hydrogen-bond donors (Lipinski definition) is 2. The number of carbonyl (C=O) groups excluding carboxylic acids is 3. The summed E-state index contributed by atoms with van der Waals surface area (Å²) in [5.74, 6) is -1.82. The van der Waals surface area contributed by atoms with Crippen LogP contribution in [0.2, 0.25) is 0 Å². The highest BCUT2D eigenvalue weighted by Gasteiger charge is 2.41. The van der Waals surface area contributed by atoms with Crippen molar-refractivity contribution in [3.63, 3.8) is 0 Å². The van der Waals surface area contributed by atoms with Crippen LogP contribution in [0.5, 0.6) is 0 Å². The number of aromatic nitrogens is 2. The van der Waals surface area contributed by atoms with E-state index in [1.807, 2.05) is 0 Å². The van der Waals surface area contributed by atoms with Crippen LogP contribution in [0.1, 0.15) is 39.8 Å². The van der Waals surface area contributed by atoms with Gasteiger partial charge < -0.3 is 15.4 Å². The third-order valence-electron chi connectivity index (χ3n) is 4.60. The van der Waals surface area contributed by atoms with Crippen LogP contribution in [0.25, 0.3) is 5.69 Å². The highest BCUT2D eigenvalue weighted by atomic mass is 19.4. The maximum absolute atomic E-state index is 13.6. The number of rotatable bonds is 8. The molecular weight excluding hydrogens is 453 g/mol. The first-order valence-electron chi connectivity index (χ1n) is 10.3. The molecule has 0 unspecified atom stereocenters. The van der Waals surface area contributed by atoms with Gasteiger partial charge in [0.25, 0.3) is 5.91 Å². The Kier molecular flexibility index (Phi) is 7.67. The number of nitrogens with zero attached hydrogens (tertiary/aromatic N) is 2. The number of esters is 1. The van der Waals surface area contributed by atoms with Crippen molar-refractivity contribution in [1.82, 2.24) is 15.1 Å². The van der Waals surface area contributed by atoms with Gasteiger partial charge in [0.05, 0.1) is 18.5 Å². The molecule has 3 rings (SSSR count). The van der Waals surface area contributed by atoms with Crippen LogP contribution in [-0.2, 0) is 15.7 Å². The lowest BCUT2D eigenvalue weighted by molar-refractivity contribution is -0.143. The van der Waals surface area contributed by atoms with Gasteiger partial charge in [-0.25, -0.2) is 9.48 Å². The SMILES string of the molecule is CCOC(=O)c1cnn(-c2ccc(NC(=O)CCNC(=O)c3ccccc3)cc2)c1C(F)(F)F. The summed E-state index contributed by atoms with van der Waals surface area (Å²) in [5.41, 5.74) is -1.09. The summed E-state index contributed by atoms with van der Waals surface area (Å²) < 4.78 is 46.1. The lowest BCUT2D eigenvalue weighted by Crippen LogP contribution is -2.27. The number of amides is 2. The molecule has 0 aliphatic rings. The van der Waals surface area contributed by atoms with E-state index in [1.165, 1.54) is 31.2 Å². The van der Waals surface area contributed by atoms with Crippen molar-refractivity contribution in [1.29, 1.82) is 0 Å². The molecule has 2 amide bonds. The lowest BCUT2D eigenvalue weighted by atomic mass is 10.2. The van der Waals surface area contributed by atoms with Gasteiger partial charge in [-0.15, -0.1) is 0 Å². The Morgan fingerprint density at radius 1 is 1.03 bits per heavy atom. The van der Waals surface area contributed by atoms with Crippen molar-refractivity contribution in [3.05, 3.63) is 77.6 Å². The second-order valence-corrected chi connectivity index (χ2v) is 7.00. The Balaban J connectivity index is 1.63. The first-order chi connectivity index (χ1) is 16.2. The summed E-state index contributed by atoms with van der Waals surface area (Å²) in [4.78, 5) is 36.0. The first kappa shape index (κ1) is 24.5. The van der Waals surface area contributed by atoms with Crippen molar-refractivity contribution < 1.29 is 32.3 Å². The number of nitrogens with one attached hydrogen (secondary N) is 2. The number of hydrogen-bond acceptors (Lipinski definition) is 5. The van der Waals surface area contributed by atoms with Crippen molar-refractivity contribution in [2.75, 3.05) is 18.5 Å². The summed E-state index contributed by atoms with van der Waals surface area (Å²) in [6.45, 7) is 1.52. The number of halogens is 3. The smallest absolute Gasteiger partial charge is 0.434 e. The largest absolute Gasteiger partial charge is 0.462 e. The second kappa shape index (κ2) is 10.6. The maximum atomic E-state index is 13.6. The van der Waals surface area contributed by atoms with Crippen molar-refractivity contribution in [2.45, 2.75) is 19.5 Å². The summed E-state index contributed by atoms with van der Waals surface area (Å²) in [5, 5.41) is 8.93. The molecule has 0 saturated carbocycles. The Labute approximate surface area is 192 Å². The Hall–Kier alpha value is -4.15. The van der Waals surface area contributed by atoms with Crippen LogP contribution in [0.15, 0.2) is 60.8 Å². The van der Waals surface area contributed by atoms with Crippen LogP contribution in [0, 0.1) is 0 Å². The Morgan fingerprint density at radius 2 is 1.71 bits per heavy atom. The maximum Gasteiger partial charge on any atom is 0.434 e. The number of carbonyl (C=O) groups is 3. The first-order valence-corrected chi connectivity index (χ1v) is 10.3. The van der Waals surface area contributed by atoms with Crippen LogP contribution in [-0.4, -0.2) is 40.7 Å². The molecule has 2 aromatic carbocycles. The lowest BCUT2D eigenvalue weighted by Gasteiger charge is -2.13. The monoisotopic (exact) mass is 474 g/mol. The molecule has 34 heavy (non-hydrogen) atoms. The summed E-state index contributed by atoms with van der Waals surface area (Å²) in [7, 11) is 0. The normalized spacial score (nSPS) is 11.1. The average molecular weight is 474 g/mol. The van der Waals surface area contributed by atoms with E-state index in [4.69, 9.17) is 0 Å². The molecule has 1 heterocycles. The van der Waals surface area contributed by atoms with E-state index in [2.05, 4.69) is 20.5 Å². The van der Waals surface area contributed by atoms with Gasteiger partial charge in [0.2, 0.25) is 5.91 Å². The van der Waals surface area contributed by atoms with Gasteiger partial charge in [-0.05, 0) is 43.3 Å². The summed E-state index contributed by atoms with van der Waals surface area (Å²) >= 11 is 0. The van der Waals surface area contributed by atoms with Crippen LogP contribution in [0.3, 0.4) is 0 Å². The number of ether oxygens (including phenoxy) is 1. The van der Waals surface area contributed by atoms with Crippen LogP contribution >= 0.6 is 0 Å². The molecule has 3 aromatic rings. The molecule has 11 heteroatoms. The van der Waals surface area contributed by atoms with E-state index >= 15 is 0 Å². The van der Waals surface area contributed by atoms with Gasteiger partial charge >= 0.3 is 12.1 Å². The van der Waals surface area contributed by atoms with Gasteiger partial charge in [-0.2, -0.15) is 18.3 Å². The second-order valence-electron chi connectivity index (χ2n) is 7.00. The fraction of sp³-hybridized carbons (Fsp3) is 0.217. The van der Waals surface area contributed by atoms with Gasteiger partial charge in [0.15, 0.2) is 5.69 Å². The zero-order valence-corrected chi connectivity index (χ0v) is 18.1. The molecule has 178 valence electrons. The topological polar surface area (TPSA) is 102 Å². The molecule has 0 bridgehead atoms. The Bertz CT molecular complexity index is 1160. The van der Waals surface area contributed by atoms with Crippen LogP contribution in [0.4, 0.5) is 18.9 Å². The number of anilines is 1. The third-order valence-corrected chi connectivity index (χ3v) is 4.60. The van der Waals surface area contributed by atoms with E-state index in [-0.39, 0.29) is 37.1 Å². The highest BCUT2D eigenvalue weighted by molar-refractivity contribution is 5.95. The van der Waals surface area contributed by atoms with E-state index < -0.39 is 23.4 Å². The predicted octanol–water partition coefficient (Wildman–Crippen LogP) is 3.83. The minimum atomic E-state index is -4.85. The van der Waals surface area contributed by atoms with Crippen LogP contribution < -0.4 is 10.6 Å². The van der Waals surface area contributed by atoms with Crippen molar-refractivity contribution >= 4 is 23.5 Å². The number of alkyl halides is 3. The predicted molar refractivity (Wildman–Crippen MR) is 117 cm³/mol. The molecule has 8 nitrogen and oxygen atoms in total. The molecule has 0 aliphatic heterocycles. The molecule has 0 fully saturated rings. The standard InChI is InChI=1S/C23H21F3N4O4/c1-2-34-22(33)18-14-28-30(20(18)23(24,25)26)17-10-8-16(9-11-17)29-19(31)12-13-27-21(32)15-6-4-3-5-7-15/h3-11,14H,2,12-13H2,1H3,(H,27,32)(H,29,31). The fourth-order valence-corrected chi connectivity index (χ4v) is 3.07. The fourth-order valence-electron chi connectivity index (χ4n) is 3.07. The molecule has 0 saturated heterocycles.